The Bertz CT molecular complexity index is 373. The molecule has 3 N–H and O–H groups in total. The number of nitrogens with zero attached hydrogens (tertiary/aromatic N) is 2. The summed E-state index contributed by atoms with van der Waals surface area (Å²) in [6.45, 7) is 3.15. The molecule has 86 valence electrons. The van der Waals surface area contributed by atoms with Gasteiger partial charge in [-0.15, -0.1) is 0 Å². The molecule has 1 aromatic rings. The van der Waals surface area contributed by atoms with Gasteiger partial charge in [0, 0.05) is 13.1 Å². The molecule has 0 aromatic carbocycles. The van der Waals surface area contributed by atoms with Gasteiger partial charge in [-0.25, -0.2) is 8.42 Å². The van der Waals surface area contributed by atoms with Crippen molar-refractivity contribution in [3.8, 4) is 0 Å². The molecule has 0 radical (unpaired) electrons. The van der Waals surface area contributed by atoms with Gasteiger partial charge in [-0.3, -0.25) is 5.10 Å². The van der Waals surface area contributed by atoms with Crippen molar-refractivity contribution < 1.29 is 8.42 Å². The predicted molar refractivity (Wildman–Crippen MR) is 56.7 cm³/mol. The Morgan fingerprint density at radius 3 is 2.80 bits per heavy atom. The minimum absolute atomic E-state index is 0.126. The van der Waals surface area contributed by atoms with Crippen LogP contribution in [0.25, 0.3) is 0 Å². The fourth-order valence-corrected chi connectivity index (χ4v) is 2.63. The Hall–Kier alpha value is -0.920. The average Bonchev–Trinajstić information content (AvgIpc) is 2.72. The molecule has 0 fully saturated rings. The Morgan fingerprint density at radius 2 is 2.33 bits per heavy atom. The number of aromatic amines is 1. The van der Waals surface area contributed by atoms with E-state index in [1.807, 2.05) is 0 Å². The van der Waals surface area contributed by atoms with Crippen LogP contribution in [0.1, 0.15) is 13.3 Å². The minimum atomic E-state index is -3.42. The van der Waals surface area contributed by atoms with Crippen LogP contribution in [0.15, 0.2) is 17.3 Å². The topological polar surface area (TPSA) is 92.1 Å². The summed E-state index contributed by atoms with van der Waals surface area (Å²) >= 11 is 0. The summed E-state index contributed by atoms with van der Waals surface area (Å²) in [6.07, 6.45) is 2.07. The van der Waals surface area contributed by atoms with Crippen LogP contribution in [0.3, 0.4) is 0 Å². The molecule has 0 amide bonds. The second-order valence-electron chi connectivity index (χ2n) is 3.06. The van der Waals surface area contributed by atoms with Crippen molar-refractivity contribution in [3.05, 3.63) is 12.3 Å². The average molecular weight is 232 g/mol. The molecular formula is C8H16N4O2S. The van der Waals surface area contributed by atoms with Crippen molar-refractivity contribution in [2.45, 2.75) is 18.4 Å². The van der Waals surface area contributed by atoms with Gasteiger partial charge in [0.2, 0.25) is 0 Å². The molecule has 7 heteroatoms. The van der Waals surface area contributed by atoms with Crippen LogP contribution < -0.4 is 5.73 Å². The molecule has 0 aliphatic rings. The summed E-state index contributed by atoms with van der Waals surface area (Å²) in [5.74, 6) is 0. The molecule has 0 saturated heterocycles. The highest BCUT2D eigenvalue weighted by Gasteiger charge is 2.23. The first kappa shape index (κ1) is 12.2. The standard InChI is InChI=1S/C8H16N4O2S/c1-2-12(7-3-5-9)15(13,14)8-4-6-10-11-8/h4,6H,2-3,5,7,9H2,1H3,(H,10,11). The number of rotatable bonds is 6. The SMILES string of the molecule is CCN(CCCN)S(=O)(=O)c1ccn[nH]1. The van der Waals surface area contributed by atoms with Gasteiger partial charge in [0.05, 0.1) is 6.20 Å². The van der Waals surface area contributed by atoms with Gasteiger partial charge in [-0.1, -0.05) is 6.92 Å². The molecule has 1 aromatic heterocycles. The number of sulfonamides is 1. The molecule has 1 heterocycles. The van der Waals surface area contributed by atoms with Crippen molar-refractivity contribution >= 4 is 10.0 Å². The monoisotopic (exact) mass is 232 g/mol. The van der Waals surface area contributed by atoms with E-state index in [9.17, 15) is 8.42 Å². The van der Waals surface area contributed by atoms with E-state index < -0.39 is 10.0 Å². The van der Waals surface area contributed by atoms with Gasteiger partial charge >= 0.3 is 0 Å². The zero-order chi connectivity index (χ0) is 11.3. The highest BCUT2D eigenvalue weighted by Crippen LogP contribution is 2.11. The van der Waals surface area contributed by atoms with Crippen molar-refractivity contribution in [3.63, 3.8) is 0 Å². The minimum Gasteiger partial charge on any atom is -0.330 e. The smallest absolute Gasteiger partial charge is 0.259 e. The van der Waals surface area contributed by atoms with E-state index in [-0.39, 0.29) is 5.03 Å². The molecule has 0 unspecified atom stereocenters. The fraction of sp³-hybridized carbons (Fsp3) is 0.625. The molecular weight excluding hydrogens is 216 g/mol. The second-order valence-corrected chi connectivity index (χ2v) is 4.97. The van der Waals surface area contributed by atoms with Gasteiger partial charge in [0.1, 0.15) is 0 Å². The van der Waals surface area contributed by atoms with Crippen molar-refractivity contribution in [2.24, 2.45) is 5.73 Å². The number of H-pyrrole nitrogens is 1. The third kappa shape index (κ3) is 2.77. The normalized spacial score (nSPS) is 12.2. The summed E-state index contributed by atoms with van der Waals surface area (Å²) in [6, 6.07) is 1.44. The third-order valence-electron chi connectivity index (χ3n) is 2.06. The zero-order valence-electron chi connectivity index (χ0n) is 8.68. The molecule has 0 aliphatic carbocycles. The van der Waals surface area contributed by atoms with Crippen LogP contribution in [0.4, 0.5) is 0 Å². The van der Waals surface area contributed by atoms with Crippen molar-refractivity contribution in [1.82, 2.24) is 14.5 Å². The lowest BCUT2D eigenvalue weighted by Gasteiger charge is -2.18. The largest absolute Gasteiger partial charge is 0.330 e. The Labute approximate surface area is 89.5 Å². The molecule has 0 bridgehead atoms. The fourth-order valence-electron chi connectivity index (χ4n) is 1.24. The quantitative estimate of drug-likeness (QED) is 0.708. The van der Waals surface area contributed by atoms with Gasteiger partial charge in [-0.2, -0.15) is 9.40 Å². The summed E-state index contributed by atoms with van der Waals surface area (Å²) in [7, 11) is -3.42. The number of nitrogens with one attached hydrogen (secondary N) is 1. The van der Waals surface area contributed by atoms with Gasteiger partial charge in [0.25, 0.3) is 10.0 Å². The summed E-state index contributed by atoms with van der Waals surface area (Å²) in [4.78, 5) is 0. The van der Waals surface area contributed by atoms with Crippen LogP contribution in [0, 0.1) is 0 Å². The summed E-state index contributed by atoms with van der Waals surface area (Å²) in [5, 5.41) is 6.21. The highest BCUT2D eigenvalue weighted by atomic mass is 32.2. The molecule has 0 aliphatic heterocycles. The van der Waals surface area contributed by atoms with Gasteiger partial charge in [0.15, 0.2) is 5.03 Å². The maximum absolute atomic E-state index is 11.9. The zero-order valence-corrected chi connectivity index (χ0v) is 9.50. The van der Waals surface area contributed by atoms with E-state index >= 15 is 0 Å². The Kier molecular flexibility index (Phi) is 4.25. The third-order valence-corrected chi connectivity index (χ3v) is 3.96. The van der Waals surface area contributed by atoms with Gasteiger partial charge < -0.3 is 5.73 Å². The van der Waals surface area contributed by atoms with Crippen LogP contribution in [0.5, 0.6) is 0 Å². The predicted octanol–water partition coefficient (Wildman–Crippen LogP) is -0.231. The maximum atomic E-state index is 11.9. The molecule has 0 atom stereocenters. The molecule has 15 heavy (non-hydrogen) atoms. The number of aromatic nitrogens is 2. The van der Waals surface area contributed by atoms with Crippen molar-refractivity contribution in [1.29, 1.82) is 0 Å². The molecule has 1 rings (SSSR count). The highest BCUT2D eigenvalue weighted by molar-refractivity contribution is 7.89. The van der Waals surface area contributed by atoms with E-state index in [0.29, 0.717) is 26.1 Å². The Balaban J connectivity index is 2.83. The number of hydrogen-bond acceptors (Lipinski definition) is 4. The molecule has 0 spiro atoms. The maximum Gasteiger partial charge on any atom is 0.259 e. The van der Waals surface area contributed by atoms with Crippen LogP contribution in [-0.2, 0) is 10.0 Å². The number of hydrogen-bond donors (Lipinski definition) is 2. The van der Waals surface area contributed by atoms with Crippen LogP contribution >= 0.6 is 0 Å². The summed E-state index contributed by atoms with van der Waals surface area (Å²) < 4.78 is 25.3. The van der Waals surface area contributed by atoms with E-state index in [4.69, 9.17) is 5.73 Å². The first-order valence-corrected chi connectivity index (χ1v) is 6.26. The summed E-state index contributed by atoms with van der Waals surface area (Å²) in [5.41, 5.74) is 5.35. The van der Waals surface area contributed by atoms with E-state index in [0.717, 1.165) is 0 Å². The molecule has 0 saturated carbocycles. The van der Waals surface area contributed by atoms with Crippen molar-refractivity contribution in [2.75, 3.05) is 19.6 Å². The second kappa shape index (κ2) is 5.24. The molecule has 6 nitrogen and oxygen atoms in total. The lowest BCUT2D eigenvalue weighted by molar-refractivity contribution is 0.420. The Morgan fingerprint density at radius 1 is 1.60 bits per heavy atom. The first-order valence-electron chi connectivity index (χ1n) is 4.82. The van der Waals surface area contributed by atoms with Crippen LogP contribution in [-0.4, -0.2) is 42.6 Å². The van der Waals surface area contributed by atoms with Crippen LogP contribution in [0.2, 0.25) is 0 Å². The lowest BCUT2D eigenvalue weighted by atomic mass is 10.4. The number of nitrogens with two attached hydrogens (primary N) is 1. The van der Waals surface area contributed by atoms with Gasteiger partial charge in [-0.05, 0) is 19.0 Å². The van der Waals surface area contributed by atoms with E-state index in [2.05, 4.69) is 10.2 Å². The lowest BCUT2D eigenvalue weighted by Crippen LogP contribution is -2.33. The van der Waals surface area contributed by atoms with E-state index in [1.165, 1.54) is 16.6 Å². The first-order chi connectivity index (χ1) is 7.12. The van der Waals surface area contributed by atoms with E-state index in [1.54, 1.807) is 6.92 Å².